The number of benzene rings is 1. The predicted octanol–water partition coefficient (Wildman–Crippen LogP) is 1.26. The van der Waals surface area contributed by atoms with Crippen molar-refractivity contribution in [3.8, 4) is 0 Å². The average Bonchev–Trinajstić information content (AvgIpc) is 2.69. The van der Waals surface area contributed by atoms with Crippen molar-refractivity contribution in [1.82, 2.24) is 4.90 Å². The molecule has 30 heavy (non-hydrogen) atoms. The Hall–Kier alpha value is -2.41. The minimum atomic E-state index is -0.338. The summed E-state index contributed by atoms with van der Waals surface area (Å²) in [6, 6.07) is 3.76. The van der Waals surface area contributed by atoms with Crippen molar-refractivity contribution in [2.24, 2.45) is 5.92 Å². The highest BCUT2D eigenvalue weighted by atomic mass is 16.5. The van der Waals surface area contributed by atoms with Gasteiger partial charge in [0.1, 0.15) is 0 Å². The van der Waals surface area contributed by atoms with Crippen LogP contribution in [0.2, 0.25) is 0 Å². The maximum atomic E-state index is 12.9. The molecule has 7 heteroatoms. The van der Waals surface area contributed by atoms with Gasteiger partial charge in [0.25, 0.3) is 11.8 Å². The summed E-state index contributed by atoms with van der Waals surface area (Å²) < 4.78 is 5.09. The molecule has 1 heterocycles. The highest BCUT2D eigenvalue weighted by Crippen LogP contribution is 2.22. The first-order chi connectivity index (χ1) is 14.1. The van der Waals surface area contributed by atoms with Crippen LogP contribution in [0, 0.1) is 26.7 Å². The maximum Gasteiger partial charge on any atom is 0.309 e. The number of likely N-dealkylation sites (N-methyl/N-ethyl adjacent to an activating group) is 1. The van der Waals surface area contributed by atoms with E-state index in [0.717, 1.165) is 27.3 Å². The zero-order valence-corrected chi connectivity index (χ0v) is 19.1. The van der Waals surface area contributed by atoms with Gasteiger partial charge in [0, 0.05) is 18.8 Å². The fourth-order valence-corrected chi connectivity index (χ4v) is 4.05. The second-order valence-corrected chi connectivity index (χ2v) is 8.42. The molecule has 0 aliphatic carbocycles. The number of likely N-dealkylation sites (tertiary alicyclic amines) is 1. The third-order valence-electron chi connectivity index (χ3n) is 5.92. The molecular formula is C23H36N3O4+. The normalized spacial score (nSPS) is 16.7. The Labute approximate surface area is 179 Å². The number of nitrogens with one attached hydrogen (secondary N) is 2. The van der Waals surface area contributed by atoms with E-state index < -0.39 is 0 Å². The number of amides is 2. The number of carbonyl (C=O) groups is 3. The van der Waals surface area contributed by atoms with Gasteiger partial charge in [0.15, 0.2) is 12.6 Å². The molecule has 0 spiro atoms. The van der Waals surface area contributed by atoms with Crippen molar-refractivity contribution in [3.63, 3.8) is 0 Å². The van der Waals surface area contributed by atoms with Crippen molar-refractivity contribution in [1.29, 1.82) is 0 Å². The van der Waals surface area contributed by atoms with E-state index in [0.29, 0.717) is 32.5 Å². The van der Waals surface area contributed by atoms with Crippen LogP contribution in [-0.4, -0.2) is 62.0 Å². The summed E-state index contributed by atoms with van der Waals surface area (Å²) in [4.78, 5) is 40.0. The molecular weight excluding hydrogens is 382 g/mol. The quantitative estimate of drug-likeness (QED) is 0.654. The van der Waals surface area contributed by atoms with Gasteiger partial charge >= 0.3 is 5.97 Å². The average molecular weight is 419 g/mol. The number of piperidine rings is 1. The Balaban J connectivity index is 1.88. The van der Waals surface area contributed by atoms with Gasteiger partial charge in [-0.15, -0.1) is 0 Å². The fraction of sp³-hybridized carbons (Fsp3) is 0.609. The minimum Gasteiger partial charge on any atom is -0.466 e. The molecule has 2 N–H and O–H groups in total. The van der Waals surface area contributed by atoms with Crippen LogP contribution < -0.4 is 10.2 Å². The van der Waals surface area contributed by atoms with Crippen molar-refractivity contribution < 1.29 is 24.0 Å². The number of esters is 1. The van der Waals surface area contributed by atoms with E-state index in [1.54, 1.807) is 11.8 Å². The van der Waals surface area contributed by atoms with Crippen molar-refractivity contribution in [2.45, 2.75) is 53.5 Å². The van der Waals surface area contributed by atoms with E-state index in [-0.39, 0.29) is 36.3 Å². The number of anilines is 1. The van der Waals surface area contributed by atoms with E-state index in [1.807, 2.05) is 46.9 Å². The minimum absolute atomic E-state index is 0.0188. The topological polar surface area (TPSA) is 80.2 Å². The van der Waals surface area contributed by atoms with Crippen molar-refractivity contribution in [2.75, 3.05) is 38.6 Å². The molecule has 2 amide bonds. The van der Waals surface area contributed by atoms with Crippen molar-refractivity contribution >= 4 is 23.5 Å². The van der Waals surface area contributed by atoms with E-state index in [2.05, 4.69) is 5.32 Å². The first-order valence-electron chi connectivity index (χ1n) is 10.8. The van der Waals surface area contributed by atoms with E-state index in [4.69, 9.17) is 4.74 Å². The molecule has 1 unspecified atom stereocenters. The lowest BCUT2D eigenvalue weighted by molar-refractivity contribution is -0.886. The number of nitrogens with zero attached hydrogens (tertiary/aromatic N) is 1. The van der Waals surface area contributed by atoms with Crippen molar-refractivity contribution in [3.05, 3.63) is 28.8 Å². The summed E-state index contributed by atoms with van der Waals surface area (Å²) in [5.41, 5.74) is 4.08. The van der Waals surface area contributed by atoms with Crippen LogP contribution in [0.1, 0.15) is 43.4 Å². The smallest absolute Gasteiger partial charge is 0.309 e. The molecule has 1 fully saturated rings. The summed E-state index contributed by atoms with van der Waals surface area (Å²) in [6.07, 6.45) is 1.26. The molecule has 1 aliphatic rings. The first-order valence-corrected chi connectivity index (χ1v) is 10.8. The molecule has 0 bridgehead atoms. The third-order valence-corrected chi connectivity index (χ3v) is 5.92. The van der Waals surface area contributed by atoms with Crippen LogP contribution in [0.3, 0.4) is 0 Å². The summed E-state index contributed by atoms with van der Waals surface area (Å²) >= 11 is 0. The van der Waals surface area contributed by atoms with Gasteiger partial charge in [-0.25, -0.2) is 0 Å². The van der Waals surface area contributed by atoms with Gasteiger partial charge in [0.2, 0.25) is 0 Å². The van der Waals surface area contributed by atoms with E-state index in [9.17, 15) is 14.4 Å². The lowest BCUT2D eigenvalue weighted by Crippen LogP contribution is -3.15. The van der Waals surface area contributed by atoms with Gasteiger partial charge in [-0.3, -0.25) is 14.4 Å². The standard InChI is InChI=1S/C23H35N3O4/c1-7-30-23(29)19-8-10-26(11-9-19)22(28)18(5)25(6)14-20(27)24-21-16(3)12-15(2)13-17(21)4/h12-13,18-19H,7-11,14H2,1-6H3,(H,24,27)/p+1/t18-/m1/s1. The number of hydrogen-bond donors (Lipinski definition) is 2. The zero-order chi connectivity index (χ0) is 22.4. The van der Waals surface area contributed by atoms with Gasteiger partial charge in [-0.05, 0) is 58.6 Å². The zero-order valence-electron chi connectivity index (χ0n) is 19.1. The van der Waals surface area contributed by atoms with E-state index in [1.165, 1.54) is 0 Å². The summed E-state index contributed by atoms with van der Waals surface area (Å²) in [6.45, 7) is 11.3. The molecule has 166 valence electrons. The number of quaternary nitrogens is 1. The maximum absolute atomic E-state index is 12.9. The number of rotatable bonds is 7. The Morgan fingerprint density at radius 1 is 1.17 bits per heavy atom. The van der Waals surface area contributed by atoms with Gasteiger partial charge in [0.05, 0.1) is 19.6 Å². The van der Waals surface area contributed by atoms with Crippen LogP contribution in [0.5, 0.6) is 0 Å². The Kier molecular flexibility index (Phi) is 8.41. The van der Waals surface area contributed by atoms with Gasteiger partial charge < -0.3 is 19.9 Å². The van der Waals surface area contributed by atoms with Crippen LogP contribution in [-0.2, 0) is 19.1 Å². The lowest BCUT2D eigenvalue weighted by Gasteiger charge is -2.33. The molecule has 7 nitrogen and oxygen atoms in total. The van der Waals surface area contributed by atoms with E-state index >= 15 is 0 Å². The molecule has 0 saturated carbocycles. The Bertz CT molecular complexity index is 762. The van der Waals surface area contributed by atoms with Crippen LogP contribution in [0.4, 0.5) is 5.69 Å². The molecule has 1 aromatic rings. The number of aryl methyl sites for hydroxylation is 3. The molecule has 2 rings (SSSR count). The summed E-state index contributed by atoms with van der Waals surface area (Å²) in [5, 5.41) is 3.00. The monoisotopic (exact) mass is 418 g/mol. The number of carbonyl (C=O) groups excluding carboxylic acids is 3. The second-order valence-electron chi connectivity index (χ2n) is 8.42. The Morgan fingerprint density at radius 3 is 2.27 bits per heavy atom. The van der Waals surface area contributed by atoms with Gasteiger partial charge in [-0.2, -0.15) is 0 Å². The van der Waals surface area contributed by atoms with Gasteiger partial charge in [-0.1, -0.05) is 17.7 Å². The molecule has 1 aliphatic heterocycles. The summed E-state index contributed by atoms with van der Waals surface area (Å²) in [5.74, 6) is -0.381. The predicted molar refractivity (Wildman–Crippen MR) is 116 cm³/mol. The summed E-state index contributed by atoms with van der Waals surface area (Å²) in [7, 11) is 1.86. The first kappa shape index (κ1) is 23.9. The second kappa shape index (κ2) is 10.6. The van der Waals surface area contributed by atoms with Crippen LogP contribution >= 0.6 is 0 Å². The lowest BCUT2D eigenvalue weighted by atomic mass is 9.96. The number of hydrogen-bond acceptors (Lipinski definition) is 4. The molecule has 0 aromatic heterocycles. The number of ether oxygens (including phenoxy) is 1. The highest BCUT2D eigenvalue weighted by Gasteiger charge is 2.33. The SMILES string of the molecule is CCOC(=O)C1CCN(C(=O)[C@@H](C)[NH+](C)CC(=O)Nc2c(C)cc(C)cc2C)CC1. The largest absolute Gasteiger partial charge is 0.466 e. The van der Waals surface area contributed by atoms with Crippen LogP contribution in [0.15, 0.2) is 12.1 Å². The highest BCUT2D eigenvalue weighted by molar-refractivity contribution is 5.93. The Morgan fingerprint density at radius 2 is 1.73 bits per heavy atom. The fourth-order valence-electron chi connectivity index (χ4n) is 4.05. The molecule has 2 atom stereocenters. The van der Waals surface area contributed by atoms with Crippen LogP contribution in [0.25, 0.3) is 0 Å². The molecule has 1 aromatic carbocycles. The molecule has 0 radical (unpaired) electrons. The third kappa shape index (κ3) is 6.05. The molecule has 1 saturated heterocycles.